The topological polar surface area (TPSA) is 12.0 Å². The van der Waals surface area contributed by atoms with Crippen LogP contribution in [0.15, 0.2) is 12.2 Å². The molecule has 1 fully saturated rings. The Morgan fingerprint density at radius 1 is 1.14 bits per heavy atom. The summed E-state index contributed by atoms with van der Waals surface area (Å²) >= 11 is 5.53. The van der Waals surface area contributed by atoms with Gasteiger partial charge in [0.2, 0.25) is 0 Å². The van der Waals surface area contributed by atoms with Crippen molar-refractivity contribution in [3.8, 4) is 0 Å². The van der Waals surface area contributed by atoms with Crippen molar-refractivity contribution < 1.29 is 0 Å². The van der Waals surface area contributed by atoms with E-state index in [9.17, 15) is 0 Å². The highest BCUT2D eigenvalue weighted by Crippen LogP contribution is 2.67. The van der Waals surface area contributed by atoms with Crippen LogP contribution in [0.25, 0.3) is 0 Å². The minimum Gasteiger partial charge on any atom is -0.313 e. The van der Waals surface area contributed by atoms with Gasteiger partial charge < -0.3 is 5.32 Å². The summed E-state index contributed by atoms with van der Waals surface area (Å²) in [6, 6.07) is 0. The lowest BCUT2D eigenvalue weighted by Crippen LogP contribution is -2.19. The van der Waals surface area contributed by atoms with E-state index in [-0.39, 0.29) is 0 Å². The Balaban J connectivity index is 2.19. The molecule has 0 aromatic carbocycles. The van der Waals surface area contributed by atoms with E-state index in [2.05, 4.69) is 39.1 Å². The van der Waals surface area contributed by atoms with E-state index >= 15 is 0 Å². The molecular formula is C12H22ClN. The fraction of sp³-hybridized carbons (Fsp3) is 0.833. The van der Waals surface area contributed by atoms with Crippen molar-refractivity contribution >= 4 is 11.6 Å². The summed E-state index contributed by atoms with van der Waals surface area (Å²) in [6.07, 6.45) is 4.08. The molecule has 1 saturated carbocycles. The first-order valence-corrected chi connectivity index (χ1v) is 5.89. The molecule has 0 amide bonds. The molecule has 0 aliphatic heterocycles. The first-order valence-electron chi connectivity index (χ1n) is 5.36. The Bertz CT molecular complexity index is 204. The maximum Gasteiger partial charge on any atom is 0.0404 e. The largest absolute Gasteiger partial charge is 0.313 e. The summed E-state index contributed by atoms with van der Waals surface area (Å²) < 4.78 is 0. The van der Waals surface area contributed by atoms with Crippen LogP contribution < -0.4 is 5.32 Å². The van der Waals surface area contributed by atoms with Gasteiger partial charge in [-0.2, -0.15) is 0 Å². The second-order valence-electron chi connectivity index (χ2n) is 5.28. The van der Waals surface area contributed by atoms with Crippen LogP contribution in [0.3, 0.4) is 0 Å². The van der Waals surface area contributed by atoms with Gasteiger partial charge in [0.05, 0.1) is 0 Å². The second kappa shape index (κ2) is 4.24. The normalized spacial score (nSPS) is 24.4. The Morgan fingerprint density at radius 3 is 2.14 bits per heavy atom. The van der Waals surface area contributed by atoms with Gasteiger partial charge in [0.25, 0.3) is 0 Å². The van der Waals surface area contributed by atoms with E-state index < -0.39 is 0 Å². The van der Waals surface area contributed by atoms with Crippen molar-refractivity contribution in [2.45, 2.75) is 27.7 Å². The van der Waals surface area contributed by atoms with Crippen LogP contribution in [0.4, 0.5) is 0 Å². The van der Waals surface area contributed by atoms with Gasteiger partial charge in [-0.05, 0) is 23.3 Å². The van der Waals surface area contributed by atoms with Crippen molar-refractivity contribution in [2.75, 3.05) is 19.0 Å². The van der Waals surface area contributed by atoms with Gasteiger partial charge in [0, 0.05) is 12.4 Å². The van der Waals surface area contributed by atoms with Gasteiger partial charge in [0.1, 0.15) is 0 Å². The molecule has 1 N–H and O–H groups in total. The summed E-state index contributed by atoms with van der Waals surface area (Å²) in [7, 11) is 0. The standard InChI is InChI=1S/C12H22ClN/c1-11(2)10(12(11,3)4)9-14-8-6-5-7-13/h5-6,10,14H,7-9H2,1-4H3/b6-5+. The van der Waals surface area contributed by atoms with Gasteiger partial charge >= 0.3 is 0 Å². The SMILES string of the molecule is CC1(C)C(CNC/C=C/CCl)C1(C)C. The number of hydrogen-bond acceptors (Lipinski definition) is 1. The Kier molecular flexibility index (Phi) is 3.65. The van der Waals surface area contributed by atoms with E-state index in [0.717, 1.165) is 19.0 Å². The number of hydrogen-bond donors (Lipinski definition) is 1. The average Bonchev–Trinajstić information content (AvgIpc) is 2.46. The molecule has 1 nitrogen and oxygen atoms in total. The zero-order valence-electron chi connectivity index (χ0n) is 9.73. The molecule has 2 heteroatoms. The fourth-order valence-corrected chi connectivity index (χ4v) is 2.43. The lowest BCUT2D eigenvalue weighted by atomic mass is 10.0. The smallest absolute Gasteiger partial charge is 0.0404 e. The van der Waals surface area contributed by atoms with Gasteiger partial charge in [-0.3, -0.25) is 0 Å². The highest BCUT2D eigenvalue weighted by molar-refractivity contribution is 6.18. The maximum absolute atomic E-state index is 5.53. The molecule has 0 saturated heterocycles. The second-order valence-corrected chi connectivity index (χ2v) is 5.59. The van der Waals surface area contributed by atoms with Crippen molar-refractivity contribution in [1.82, 2.24) is 5.32 Å². The molecule has 0 radical (unpaired) electrons. The third kappa shape index (κ3) is 2.14. The molecule has 14 heavy (non-hydrogen) atoms. The van der Waals surface area contributed by atoms with Crippen LogP contribution >= 0.6 is 11.6 Å². The summed E-state index contributed by atoms with van der Waals surface area (Å²) in [5, 5.41) is 3.45. The third-order valence-corrected chi connectivity index (χ3v) is 4.36. The van der Waals surface area contributed by atoms with Crippen LogP contribution in [0.2, 0.25) is 0 Å². The minimum atomic E-state index is 0.496. The zero-order valence-corrected chi connectivity index (χ0v) is 10.5. The quantitative estimate of drug-likeness (QED) is 0.422. The molecule has 1 aliphatic rings. The lowest BCUT2D eigenvalue weighted by Gasteiger charge is -2.04. The number of nitrogens with one attached hydrogen (secondary N) is 1. The molecule has 0 aromatic heterocycles. The van der Waals surface area contributed by atoms with E-state index in [1.165, 1.54) is 0 Å². The Morgan fingerprint density at radius 2 is 1.71 bits per heavy atom. The van der Waals surface area contributed by atoms with Gasteiger partial charge in [-0.15, -0.1) is 11.6 Å². The maximum atomic E-state index is 5.53. The molecule has 82 valence electrons. The van der Waals surface area contributed by atoms with E-state index in [1.807, 2.05) is 6.08 Å². The summed E-state index contributed by atoms with van der Waals surface area (Å²) in [5.41, 5.74) is 0.992. The van der Waals surface area contributed by atoms with Crippen LogP contribution in [-0.2, 0) is 0 Å². The average molecular weight is 216 g/mol. The molecule has 0 spiro atoms. The third-order valence-electron chi connectivity index (χ3n) is 4.19. The number of alkyl halides is 1. The number of allylic oxidation sites excluding steroid dienone is 1. The Hall–Kier alpha value is -0.0100. The molecule has 0 bridgehead atoms. The van der Waals surface area contributed by atoms with Crippen LogP contribution in [0.1, 0.15) is 27.7 Å². The first kappa shape index (κ1) is 12.1. The summed E-state index contributed by atoms with van der Waals surface area (Å²) in [6.45, 7) is 11.5. The van der Waals surface area contributed by atoms with E-state index in [0.29, 0.717) is 16.7 Å². The van der Waals surface area contributed by atoms with Gasteiger partial charge in [-0.25, -0.2) is 0 Å². The van der Waals surface area contributed by atoms with Crippen molar-refractivity contribution in [2.24, 2.45) is 16.7 Å². The fourth-order valence-electron chi connectivity index (χ4n) is 2.30. The van der Waals surface area contributed by atoms with Crippen molar-refractivity contribution in [3.63, 3.8) is 0 Å². The monoisotopic (exact) mass is 215 g/mol. The van der Waals surface area contributed by atoms with Crippen LogP contribution in [-0.4, -0.2) is 19.0 Å². The van der Waals surface area contributed by atoms with Crippen molar-refractivity contribution in [1.29, 1.82) is 0 Å². The highest BCUT2D eigenvalue weighted by atomic mass is 35.5. The number of halogens is 1. The lowest BCUT2D eigenvalue weighted by molar-refractivity contribution is 0.457. The van der Waals surface area contributed by atoms with Gasteiger partial charge in [0.15, 0.2) is 0 Å². The number of rotatable bonds is 5. The summed E-state index contributed by atoms with van der Waals surface area (Å²) in [5.74, 6) is 1.42. The van der Waals surface area contributed by atoms with E-state index in [4.69, 9.17) is 11.6 Å². The van der Waals surface area contributed by atoms with Crippen molar-refractivity contribution in [3.05, 3.63) is 12.2 Å². The van der Waals surface area contributed by atoms with Crippen LogP contribution in [0, 0.1) is 16.7 Å². The zero-order chi connectivity index (χ0) is 10.8. The van der Waals surface area contributed by atoms with Gasteiger partial charge in [-0.1, -0.05) is 39.8 Å². The molecule has 0 heterocycles. The minimum absolute atomic E-state index is 0.496. The molecular weight excluding hydrogens is 194 g/mol. The predicted octanol–water partition coefficient (Wildman–Crippen LogP) is 3.05. The first-order chi connectivity index (χ1) is 6.44. The van der Waals surface area contributed by atoms with Crippen LogP contribution in [0.5, 0.6) is 0 Å². The molecule has 1 aliphatic carbocycles. The predicted molar refractivity (Wildman–Crippen MR) is 63.8 cm³/mol. The molecule has 1 rings (SSSR count). The molecule has 0 atom stereocenters. The molecule has 0 aromatic rings. The van der Waals surface area contributed by atoms with E-state index in [1.54, 1.807) is 0 Å². The Labute approximate surface area is 92.9 Å². The highest BCUT2D eigenvalue weighted by Gasteiger charge is 2.63. The molecule has 0 unspecified atom stereocenters. The summed E-state index contributed by atoms with van der Waals surface area (Å²) in [4.78, 5) is 0.